The Morgan fingerprint density at radius 3 is 2.36 bits per heavy atom. The van der Waals surface area contributed by atoms with Crippen LogP contribution >= 0.6 is 15.9 Å². The summed E-state index contributed by atoms with van der Waals surface area (Å²) in [5.74, 6) is -1.46. The van der Waals surface area contributed by atoms with E-state index in [1.54, 1.807) is 0 Å². The number of nitrogens with zero attached hydrogens (tertiary/aromatic N) is 5. The predicted molar refractivity (Wildman–Crippen MR) is 227 cm³/mol. The van der Waals surface area contributed by atoms with Crippen molar-refractivity contribution in [2.75, 3.05) is 62.7 Å². The first kappa shape index (κ1) is 39.3. The van der Waals surface area contributed by atoms with E-state index >= 15 is 8.78 Å². The minimum Gasteiger partial charge on any atom is -0.371 e. The molecule has 5 heterocycles. The Hall–Kier alpha value is -4.16. The van der Waals surface area contributed by atoms with E-state index in [1.165, 1.54) is 42.5 Å². The molecular formula is C46H53BrF2N6O3. The van der Waals surface area contributed by atoms with Crippen molar-refractivity contribution in [3.8, 4) is 5.69 Å². The summed E-state index contributed by atoms with van der Waals surface area (Å²) in [6.45, 7) is 6.71. The fourth-order valence-electron chi connectivity index (χ4n) is 11.3. The smallest absolute Gasteiger partial charge is 0.281 e. The minimum atomic E-state index is -1.05. The molecule has 12 heteroatoms. The van der Waals surface area contributed by atoms with E-state index in [4.69, 9.17) is 4.98 Å². The maximum Gasteiger partial charge on any atom is 0.281 e. The van der Waals surface area contributed by atoms with Gasteiger partial charge in [0, 0.05) is 67.6 Å². The molecule has 0 radical (unpaired) electrons. The van der Waals surface area contributed by atoms with Crippen LogP contribution in [0.5, 0.6) is 0 Å². The molecule has 1 atom stereocenters. The first-order chi connectivity index (χ1) is 28.1. The zero-order valence-electron chi connectivity index (χ0n) is 33.4. The Labute approximate surface area is 347 Å². The second-order valence-electron chi connectivity index (χ2n) is 17.7. The summed E-state index contributed by atoms with van der Waals surface area (Å²) in [6.07, 6.45) is 11.7. The third-order valence-electron chi connectivity index (χ3n) is 14.5. The van der Waals surface area contributed by atoms with Crippen LogP contribution in [0.3, 0.4) is 0 Å². The number of aromatic nitrogens is 2. The van der Waals surface area contributed by atoms with Gasteiger partial charge in [-0.1, -0.05) is 31.4 Å². The van der Waals surface area contributed by atoms with Crippen LogP contribution in [-0.2, 0) is 15.0 Å². The van der Waals surface area contributed by atoms with E-state index in [1.807, 2.05) is 12.1 Å². The summed E-state index contributed by atoms with van der Waals surface area (Å²) in [5.41, 5.74) is 4.68. The van der Waals surface area contributed by atoms with Crippen molar-refractivity contribution < 1.29 is 18.4 Å². The Morgan fingerprint density at radius 1 is 0.931 bits per heavy atom. The largest absolute Gasteiger partial charge is 0.371 e. The van der Waals surface area contributed by atoms with Gasteiger partial charge in [-0.15, -0.1) is 0 Å². The van der Waals surface area contributed by atoms with Gasteiger partial charge < -0.3 is 24.8 Å². The van der Waals surface area contributed by atoms with Gasteiger partial charge in [-0.3, -0.25) is 14.2 Å². The van der Waals surface area contributed by atoms with E-state index < -0.39 is 23.5 Å². The van der Waals surface area contributed by atoms with E-state index in [2.05, 4.69) is 64.8 Å². The molecule has 2 spiro atoms. The molecule has 1 unspecified atom stereocenters. The molecular weight excluding hydrogens is 802 g/mol. The number of benzene rings is 3. The van der Waals surface area contributed by atoms with Gasteiger partial charge in [0.2, 0.25) is 5.91 Å². The summed E-state index contributed by atoms with van der Waals surface area (Å²) in [5, 5.41) is 3.13. The summed E-state index contributed by atoms with van der Waals surface area (Å²) >= 11 is 3.64. The van der Waals surface area contributed by atoms with Crippen LogP contribution in [-0.4, -0.2) is 79.5 Å². The first-order valence-corrected chi connectivity index (χ1v) is 22.2. The Morgan fingerprint density at radius 2 is 1.66 bits per heavy atom. The highest BCUT2D eigenvalue weighted by atomic mass is 79.9. The second-order valence-corrected chi connectivity index (χ2v) is 18.5. The van der Waals surface area contributed by atoms with E-state index in [-0.39, 0.29) is 34.8 Å². The molecule has 1 N–H and O–H groups in total. The average Bonchev–Trinajstić information content (AvgIpc) is 3.76. The fraction of sp³-hybridized carbons (Fsp3) is 0.522. The Balaban J connectivity index is 0.830. The quantitative estimate of drug-likeness (QED) is 0.171. The number of likely N-dealkylation sites (N-methyl/N-ethyl adjacent to an activating group) is 1. The number of anilines is 2. The van der Waals surface area contributed by atoms with Crippen LogP contribution in [0, 0.1) is 23.0 Å². The third kappa shape index (κ3) is 6.85. The van der Waals surface area contributed by atoms with Crippen molar-refractivity contribution in [2.45, 2.75) is 88.4 Å². The molecule has 0 bridgehead atoms. The van der Waals surface area contributed by atoms with Crippen LogP contribution in [0.1, 0.15) is 99.9 Å². The van der Waals surface area contributed by atoms with E-state index in [9.17, 15) is 14.4 Å². The number of nitrogens with one attached hydrogen (secondary N) is 1. The van der Waals surface area contributed by atoms with Crippen molar-refractivity contribution in [1.29, 1.82) is 0 Å². The number of hydrogen-bond acceptors (Lipinski definition) is 7. The zero-order valence-corrected chi connectivity index (χ0v) is 35.0. The van der Waals surface area contributed by atoms with Crippen LogP contribution in [0.25, 0.3) is 16.6 Å². The highest BCUT2D eigenvalue weighted by Crippen LogP contribution is 2.52. The monoisotopic (exact) mass is 854 g/mol. The van der Waals surface area contributed by atoms with Gasteiger partial charge in [0.1, 0.15) is 23.7 Å². The van der Waals surface area contributed by atoms with Crippen LogP contribution in [0.4, 0.5) is 20.2 Å². The molecule has 9 nitrogen and oxygen atoms in total. The second kappa shape index (κ2) is 15.8. The van der Waals surface area contributed by atoms with Crippen molar-refractivity contribution in [2.24, 2.45) is 11.3 Å². The molecule has 1 aliphatic carbocycles. The number of piperidine rings is 2. The third-order valence-corrected chi connectivity index (χ3v) is 15.2. The number of carbonyl (C=O) groups excluding carboxylic acids is 2. The van der Waals surface area contributed by atoms with Crippen molar-refractivity contribution in [3.63, 3.8) is 0 Å². The lowest BCUT2D eigenvalue weighted by Gasteiger charge is -2.42. The fourth-order valence-corrected chi connectivity index (χ4v) is 11.8. The molecule has 58 heavy (non-hydrogen) atoms. The van der Waals surface area contributed by atoms with Gasteiger partial charge in [0.25, 0.3) is 5.56 Å². The molecule has 4 fully saturated rings. The number of likely N-dealkylation sites (tertiary alicyclic amines) is 1. The van der Waals surface area contributed by atoms with Gasteiger partial charge in [-0.25, -0.2) is 8.78 Å². The van der Waals surface area contributed by atoms with Crippen molar-refractivity contribution in [1.82, 2.24) is 19.8 Å². The summed E-state index contributed by atoms with van der Waals surface area (Å²) in [4.78, 5) is 49.0. The van der Waals surface area contributed by atoms with Gasteiger partial charge >= 0.3 is 0 Å². The molecule has 4 aliphatic heterocycles. The number of carbonyl (C=O) groups is 2. The molecule has 306 valence electrons. The topological polar surface area (TPSA) is 90.8 Å². The Bertz CT molecular complexity index is 2270. The summed E-state index contributed by atoms with van der Waals surface area (Å²) < 4.78 is 34.0. The van der Waals surface area contributed by atoms with Gasteiger partial charge in [0.15, 0.2) is 0 Å². The molecule has 3 aromatic carbocycles. The number of aldehydes is 1. The zero-order chi connectivity index (χ0) is 40.2. The maximum atomic E-state index is 15.5. The van der Waals surface area contributed by atoms with Gasteiger partial charge in [0.05, 0.1) is 27.9 Å². The lowest BCUT2D eigenvalue weighted by atomic mass is 9.70. The lowest BCUT2D eigenvalue weighted by Crippen LogP contribution is -2.45. The van der Waals surface area contributed by atoms with Crippen molar-refractivity contribution in [3.05, 3.63) is 91.9 Å². The number of hydrogen-bond donors (Lipinski definition) is 1. The summed E-state index contributed by atoms with van der Waals surface area (Å²) in [7, 11) is 1.43. The number of halogens is 3. The molecule has 5 aliphatic rings. The molecule has 3 saturated heterocycles. The molecule has 1 aromatic heterocycles. The van der Waals surface area contributed by atoms with E-state index in [0.29, 0.717) is 23.3 Å². The van der Waals surface area contributed by atoms with Gasteiger partial charge in [-0.2, -0.15) is 4.98 Å². The number of fused-ring (bicyclic) bond motifs is 7. The number of amides is 1. The highest BCUT2D eigenvalue weighted by molar-refractivity contribution is 9.10. The number of rotatable bonds is 9. The van der Waals surface area contributed by atoms with Crippen molar-refractivity contribution >= 4 is 50.4 Å². The Kier molecular flexibility index (Phi) is 10.7. The van der Waals surface area contributed by atoms with Crippen LogP contribution < -0.4 is 20.7 Å². The SMILES string of the molecule is CNC(=O)C(CCC=O)c1c(F)cc(N2CCC3(CCN(CC4CCN(c5ccc6c(c5)-n5c(nc(=O)c7c(Br)cccc75)C65CCCCC5)CC4)CC3)C2)cc1F. The summed E-state index contributed by atoms with van der Waals surface area (Å²) in [6, 6.07) is 15.7. The van der Waals surface area contributed by atoms with Gasteiger partial charge in [-0.05, 0) is 134 Å². The molecule has 1 saturated carbocycles. The van der Waals surface area contributed by atoms with Crippen LogP contribution in [0.15, 0.2) is 57.8 Å². The lowest BCUT2D eigenvalue weighted by molar-refractivity contribution is -0.122. The average molecular weight is 856 g/mol. The molecule has 9 rings (SSSR count). The highest BCUT2D eigenvalue weighted by Gasteiger charge is 2.47. The first-order valence-electron chi connectivity index (χ1n) is 21.4. The molecule has 4 aromatic rings. The van der Waals surface area contributed by atoms with E-state index in [0.717, 1.165) is 119 Å². The predicted octanol–water partition coefficient (Wildman–Crippen LogP) is 8.01. The molecule has 1 amide bonds. The normalized spacial score (nSPS) is 20.8. The van der Waals surface area contributed by atoms with Crippen LogP contribution in [0.2, 0.25) is 0 Å². The minimum absolute atomic E-state index is 0.0512. The maximum absolute atomic E-state index is 15.5. The standard InChI is InChI=1S/C46H53BrF2N6O3/c1-50-42(57)33(7-6-24-56)40-36(48)25-32(26-37(40)49)54-23-18-45(29-54)16-21-52(22-17-45)28-30-12-19-53(20-13-30)31-10-11-34-39(27-31)55-38-9-5-8-35(47)41(38)43(58)51-44(55)46(34)14-3-2-4-15-46/h5,8-11,24-27,30,33H,2-4,6-7,12-23,28-29H2,1H3,(H,50,57).